The van der Waals surface area contributed by atoms with Crippen molar-refractivity contribution in [1.82, 2.24) is 19.0 Å². The second-order valence-corrected chi connectivity index (χ2v) is 10.3. The molecule has 0 spiro atoms. The molecule has 1 unspecified atom stereocenters. The number of fused-ring (bicyclic) bond motifs is 4. The van der Waals surface area contributed by atoms with Crippen LogP contribution < -0.4 is 10.3 Å². The van der Waals surface area contributed by atoms with Crippen LogP contribution in [0.2, 0.25) is 0 Å². The molecule has 34 heavy (non-hydrogen) atoms. The van der Waals surface area contributed by atoms with Crippen LogP contribution in [-0.4, -0.2) is 31.6 Å². The first kappa shape index (κ1) is 21.8. The largest absolute Gasteiger partial charge is 0.489 e. The number of benzene rings is 1. The topological polar surface area (TPSA) is 52.3 Å². The number of rotatable bonds is 4. The van der Waals surface area contributed by atoms with Gasteiger partial charge in [-0.05, 0) is 77.9 Å². The molecule has 1 atom stereocenters. The summed E-state index contributed by atoms with van der Waals surface area (Å²) in [7, 11) is 2.08. The zero-order valence-electron chi connectivity index (χ0n) is 18.8. The van der Waals surface area contributed by atoms with Gasteiger partial charge in [0.1, 0.15) is 29.6 Å². The van der Waals surface area contributed by atoms with Gasteiger partial charge < -0.3 is 9.30 Å². The minimum absolute atomic E-state index is 0.0589. The van der Waals surface area contributed by atoms with Gasteiger partial charge in [0.15, 0.2) is 0 Å². The standard InChI is InChI=1S/C26H24FIN4O2/c1-30-23-12-18-3-2-9-31(18)14-21(23)20-6-7-24(29-26(20)30)32-10-8-19(13-25(32)33)34-15-16-4-5-17(28)11-22(16)27/h4-8,10-11,13,18H,2-3,9,12,14-15H2,1H3. The lowest BCUT2D eigenvalue weighted by atomic mass is 9.99. The molecular weight excluding hydrogens is 546 g/mol. The Morgan fingerprint density at radius 3 is 2.91 bits per heavy atom. The summed E-state index contributed by atoms with van der Waals surface area (Å²) in [5.41, 5.74) is 3.84. The van der Waals surface area contributed by atoms with Gasteiger partial charge in [0.05, 0.1) is 0 Å². The van der Waals surface area contributed by atoms with Gasteiger partial charge in [-0.2, -0.15) is 0 Å². The number of pyridine rings is 2. The lowest BCUT2D eigenvalue weighted by Crippen LogP contribution is -2.35. The van der Waals surface area contributed by atoms with E-state index in [-0.39, 0.29) is 18.0 Å². The lowest BCUT2D eigenvalue weighted by molar-refractivity contribution is 0.225. The molecule has 1 saturated heterocycles. The fraction of sp³-hybridized carbons (Fsp3) is 0.308. The van der Waals surface area contributed by atoms with Crippen molar-refractivity contribution >= 4 is 33.6 Å². The van der Waals surface area contributed by atoms with E-state index in [1.54, 1.807) is 18.3 Å². The van der Waals surface area contributed by atoms with Crippen LogP contribution in [-0.2, 0) is 26.6 Å². The highest BCUT2D eigenvalue weighted by Gasteiger charge is 2.33. The van der Waals surface area contributed by atoms with Crippen LogP contribution in [0.3, 0.4) is 0 Å². The first-order valence-corrected chi connectivity index (χ1v) is 12.6. The molecule has 2 aliphatic heterocycles. The first-order chi connectivity index (χ1) is 16.5. The highest BCUT2D eigenvalue weighted by molar-refractivity contribution is 14.1. The van der Waals surface area contributed by atoms with Crippen LogP contribution in [0.15, 0.2) is 53.5 Å². The summed E-state index contributed by atoms with van der Waals surface area (Å²) in [5.74, 6) is 0.657. The van der Waals surface area contributed by atoms with E-state index in [1.807, 2.05) is 12.1 Å². The Kier molecular flexibility index (Phi) is 5.44. The second-order valence-electron chi connectivity index (χ2n) is 9.09. The van der Waals surface area contributed by atoms with Gasteiger partial charge >= 0.3 is 0 Å². The number of hydrogen-bond donors (Lipinski definition) is 0. The van der Waals surface area contributed by atoms with Gasteiger partial charge in [-0.3, -0.25) is 14.3 Å². The highest BCUT2D eigenvalue weighted by Crippen LogP contribution is 2.35. The molecule has 0 saturated carbocycles. The van der Waals surface area contributed by atoms with Crippen molar-refractivity contribution in [2.24, 2.45) is 7.05 Å². The molecule has 3 aromatic heterocycles. The first-order valence-electron chi connectivity index (χ1n) is 11.5. The van der Waals surface area contributed by atoms with Crippen molar-refractivity contribution in [3.05, 3.63) is 85.2 Å². The Morgan fingerprint density at radius 2 is 2.09 bits per heavy atom. The number of aromatic nitrogens is 3. The van der Waals surface area contributed by atoms with E-state index in [0.717, 1.165) is 22.2 Å². The van der Waals surface area contributed by atoms with Crippen LogP contribution in [0.25, 0.3) is 16.9 Å². The summed E-state index contributed by atoms with van der Waals surface area (Å²) in [5, 5.41) is 1.17. The van der Waals surface area contributed by atoms with Crippen molar-refractivity contribution in [3.8, 4) is 11.6 Å². The van der Waals surface area contributed by atoms with E-state index in [4.69, 9.17) is 9.72 Å². The summed E-state index contributed by atoms with van der Waals surface area (Å²) < 4.78 is 24.3. The Hall–Kier alpha value is -2.72. The van der Waals surface area contributed by atoms with Gasteiger partial charge in [-0.1, -0.05) is 6.07 Å². The third-order valence-corrected chi connectivity index (χ3v) is 7.76. The van der Waals surface area contributed by atoms with Gasteiger partial charge in [0.25, 0.3) is 5.56 Å². The smallest absolute Gasteiger partial charge is 0.259 e. The van der Waals surface area contributed by atoms with Crippen molar-refractivity contribution in [3.63, 3.8) is 0 Å². The van der Waals surface area contributed by atoms with Gasteiger partial charge in [-0.15, -0.1) is 0 Å². The molecule has 1 aromatic carbocycles. The van der Waals surface area contributed by atoms with E-state index in [1.165, 1.54) is 52.7 Å². The predicted octanol–water partition coefficient (Wildman–Crippen LogP) is 4.57. The number of aryl methyl sites for hydroxylation is 1. The van der Waals surface area contributed by atoms with E-state index >= 15 is 0 Å². The van der Waals surface area contributed by atoms with Crippen molar-refractivity contribution in [2.45, 2.75) is 38.5 Å². The molecule has 1 fully saturated rings. The monoisotopic (exact) mass is 570 g/mol. The molecule has 6 nitrogen and oxygen atoms in total. The van der Waals surface area contributed by atoms with Gasteiger partial charge in [0.2, 0.25) is 0 Å². The fourth-order valence-electron chi connectivity index (χ4n) is 5.29. The minimum Gasteiger partial charge on any atom is -0.489 e. The maximum Gasteiger partial charge on any atom is 0.259 e. The quantitative estimate of drug-likeness (QED) is 0.338. The number of halogens is 2. The van der Waals surface area contributed by atoms with Crippen LogP contribution in [0, 0.1) is 9.39 Å². The molecule has 0 bridgehead atoms. The molecule has 2 aliphatic rings. The molecule has 0 N–H and O–H groups in total. The molecule has 8 heteroatoms. The maximum absolute atomic E-state index is 14.1. The van der Waals surface area contributed by atoms with Crippen LogP contribution in [0.1, 0.15) is 29.7 Å². The summed E-state index contributed by atoms with van der Waals surface area (Å²) in [6, 6.07) is 12.7. The molecule has 6 rings (SSSR count). The molecule has 5 heterocycles. The predicted molar refractivity (Wildman–Crippen MR) is 137 cm³/mol. The van der Waals surface area contributed by atoms with Crippen LogP contribution in [0.4, 0.5) is 4.39 Å². The summed E-state index contributed by atoms with van der Waals surface area (Å²) in [6.07, 6.45) is 5.26. The Balaban J connectivity index is 1.28. The zero-order chi connectivity index (χ0) is 23.4. The normalized spacial score (nSPS) is 17.7. The second kappa shape index (κ2) is 8.49. The third-order valence-electron chi connectivity index (χ3n) is 7.09. The minimum atomic E-state index is -0.316. The van der Waals surface area contributed by atoms with Crippen LogP contribution >= 0.6 is 22.6 Å². The molecule has 174 valence electrons. The maximum atomic E-state index is 14.1. The average Bonchev–Trinajstić information content (AvgIpc) is 3.39. The Morgan fingerprint density at radius 1 is 1.21 bits per heavy atom. The van der Waals surface area contributed by atoms with Crippen molar-refractivity contribution in [2.75, 3.05) is 6.54 Å². The van der Waals surface area contributed by atoms with E-state index in [9.17, 15) is 9.18 Å². The molecule has 0 amide bonds. The molecule has 0 aliphatic carbocycles. The van der Waals surface area contributed by atoms with E-state index in [0.29, 0.717) is 23.2 Å². The zero-order valence-corrected chi connectivity index (χ0v) is 21.0. The van der Waals surface area contributed by atoms with Gasteiger partial charge in [-0.25, -0.2) is 9.37 Å². The van der Waals surface area contributed by atoms with E-state index < -0.39 is 0 Å². The van der Waals surface area contributed by atoms with Crippen molar-refractivity contribution in [1.29, 1.82) is 0 Å². The number of nitrogens with zero attached hydrogens (tertiary/aromatic N) is 4. The fourth-order valence-corrected chi connectivity index (χ4v) is 5.74. The van der Waals surface area contributed by atoms with Crippen LogP contribution in [0.5, 0.6) is 5.75 Å². The highest BCUT2D eigenvalue weighted by atomic mass is 127. The molecular formula is C26H24FIN4O2. The number of hydrogen-bond acceptors (Lipinski definition) is 4. The molecule has 4 aromatic rings. The van der Waals surface area contributed by atoms with Gasteiger partial charge in [0, 0.05) is 58.5 Å². The number of ether oxygens (including phenoxy) is 1. The third kappa shape index (κ3) is 3.73. The lowest BCUT2D eigenvalue weighted by Gasteiger charge is -2.30. The Bertz CT molecular complexity index is 1480. The SMILES string of the molecule is Cn1c2c(c3ccc(-n4ccc(OCc5ccc(I)cc5F)cc4=O)nc31)CN1CCCC1C2. The average molecular weight is 570 g/mol. The van der Waals surface area contributed by atoms with Crippen molar-refractivity contribution < 1.29 is 9.13 Å². The summed E-state index contributed by atoms with van der Waals surface area (Å²) in [6.45, 7) is 2.21. The van der Waals surface area contributed by atoms with E-state index in [2.05, 4.69) is 45.2 Å². The summed E-state index contributed by atoms with van der Waals surface area (Å²) in [4.78, 5) is 20.3. The summed E-state index contributed by atoms with van der Waals surface area (Å²) >= 11 is 2.06. The Labute approximate surface area is 210 Å². The molecule has 0 radical (unpaired) electrons.